The first-order chi connectivity index (χ1) is 10.9. The van der Waals surface area contributed by atoms with E-state index in [1.807, 2.05) is 11.9 Å². The van der Waals surface area contributed by atoms with Gasteiger partial charge >= 0.3 is 0 Å². The molecule has 1 amide bonds. The fraction of sp³-hybridized carbons (Fsp3) is 0.632. The van der Waals surface area contributed by atoms with Crippen LogP contribution in [0.5, 0.6) is 0 Å². The van der Waals surface area contributed by atoms with Gasteiger partial charge in [0.25, 0.3) is 0 Å². The van der Waals surface area contributed by atoms with Gasteiger partial charge in [-0.2, -0.15) is 0 Å². The van der Waals surface area contributed by atoms with E-state index in [4.69, 9.17) is 0 Å². The van der Waals surface area contributed by atoms with E-state index in [2.05, 4.69) is 54.2 Å². The van der Waals surface area contributed by atoms with Gasteiger partial charge in [-0.3, -0.25) is 4.79 Å². The summed E-state index contributed by atoms with van der Waals surface area (Å²) in [5.41, 5.74) is 1.58. The van der Waals surface area contributed by atoms with Crippen molar-refractivity contribution in [3.63, 3.8) is 0 Å². The Balaban J connectivity index is 1.55. The van der Waals surface area contributed by atoms with Crippen LogP contribution in [0.1, 0.15) is 45.6 Å². The first kappa shape index (κ1) is 16.8. The Morgan fingerprint density at radius 3 is 2.35 bits per heavy atom. The van der Waals surface area contributed by atoms with E-state index < -0.39 is 0 Å². The van der Waals surface area contributed by atoms with Gasteiger partial charge < -0.3 is 4.90 Å². The number of amides is 1. The van der Waals surface area contributed by atoms with Gasteiger partial charge in [0, 0.05) is 37.0 Å². The predicted molar refractivity (Wildman–Crippen MR) is 96.5 cm³/mol. The Hall–Kier alpha value is -1.00. The molecule has 0 radical (unpaired) electrons. The molecule has 0 spiro atoms. The molecule has 126 valence electrons. The molecule has 4 heteroatoms. The minimum Gasteiger partial charge on any atom is -0.341 e. The van der Waals surface area contributed by atoms with E-state index in [9.17, 15) is 4.79 Å². The van der Waals surface area contributed by atoms with Crippen molar-refractivity contribution in [1.29, 1.82) is 0 Å². The average Bonchev–Trinajstić information content (AvgIpc) is 3.34. The third-order valence-corrected chi connectivity index (χ3v) is 5.75. The van der Waals surface area contributed by atoms with E-state index in [0.29, 0.717) is 11.8 Å². The highest BCUT2D eigenvalue weighted by Crippen LogP contribution is 2.32. The van der Waals surface area contributed by atoms with E-state index >= 15 is 0 Å². The molecule has 1 aromatic carbocycles. The van der Waals surface area contributed by atoms with Gasteiger partial charge in [0.15, 0.2) is 0 Å². The lowest BCUT2D eigenvalue weighted by Gasteiger charge is -2.22. The predicted octanol–water partition coefficient (Wildman–Crippen LogP) is 3.94. The van der Waals surface area contributed by atoms with Crippen LogP contribution in [0.4, 0.5) is 0 Å². The summed E-state index contributed by atoms with van der Waals surface area (Å²) in [7, 11) is 0. The first-order valence-electron chi connectivity index (χ1n) is 8.76. The van der Waals surface area contributed by atoms with Gasteiger partial charge in [0.2, 0.25) is 5.91 Å². The molecule has 1 saturated carbocycles. The van der Waals surface area contributed by atoms with Crippen LogP contribution in [0.25, 0.3) is 0 Å². The molecule has 23 heavy (non-hydrogen) atoms. The third-order valence-electron chi connectivity index (χ3n) is 4.65. The van der Waals surface area contributed by atoms with E-state index in [1.54, 1.807) is 0 Å². The molecule has 1 aliphatic carbocycles. The van der Waals surface area contributed by atoms with Crippen molar-refractivity contribution in [3.8, 4) is 0 Å². The number of carbonyl (C=O) groups excluding carboxylic acids is 1. The van der Waals surface area contributed by atoms with Crippen molar-refractivity contribution in [2.45, 2.75) is 50.3 Å². The van der Waals surface area contributed by atoms with Crippen LogP contribution in [-0.2, 0) is 10.2 Å². The maximum atomic E-state index is 12.2. The van der Waals surface area contributed by atoms with E-state index in [-0.39, 0.29) is 5.41 Å². The van der Waals surface area contributed by atoms with Gasteiger partial charge in [-0.1, -0.05) is 32.9 Å². The van der Waals surface area contributed by atoms with Crippen LogP contribution in [0, 0.1) is 5.92 Å². The average molecular weight is 333 g/mol. The molecule has 3 nitrogen and oxygen atoms in total. The fourth-order valence-electron chi connectivity index (χ4n) is 2.96. The summed E-state index contributed by atoms with van der Waals surface area (Å²) in [6, 6.07) is 8.93. The Labute approximate surface area is 144 Å². The van der Waals surface area contributed by atoms with Crippen molar-refractivity contribution in [3.05, 3.63) is 29.8 Å². The standard InChI is InChI=1S/C19H28N2OS/c1-19(2,3)16-7-9-17(10-8-16)23-21-12-4-11-20(13-14-21)18(22)15-5-6-15/h7-10,15H,4-6,11-14H2,1-3H3. The Bertz CT molecular complexity index is 545. The molecule has 2 aliphatic rings. The van der Waals surface area contributed by atoms with Crippen LogP contribution in [0.2, 0.25) is 0 Å². The minimum atomic E-state index is 0.204. The fourth-order valence-corrected chi connectivity index (χ4v) is 3.91. The van der Waals surface area contributed by atoms with Crippen LogP contribution in [0.3, 0.4) is 0 Å². The summed E-state index contributed by atoms with van der Waals surface area (Å²) in [4.78, 5) is 15.6. The van der Waals surface area contributed by atoms with Crippen molar-refractivity contribution < 1.29 is 4.79 Å². The quantitative estimate of drug-likeness (QED) is 0.784. The second kappa shape index (κ2) is 6.86. The maximum Gasteiger partial charge on any atom is 0.225 e. The zero-order valence-electron chi connectivity index (χ0n) is 14.5. The minimum absolute atomic E-state index is 0.204. The molecular weight excluding hydrogens is 304 g/mol. The Morgan fingerprint density at radius 2 is 1.74 bits per heavy atom. The van der Waals surface area contributed by atoms with E-state index in [0.717, 1.165) is 45.4 Å². The lowest BCUT2D eigenvalue weighted by Crippen LogP contribution is -2.35. The van der Waals surface area contributed by atoms with Crippen molar-refractivity contribution in [1.82, 2.24) is 9.21 Å². The monoisotopic (exact) mass is 332 g/mol. The smallest absolute Gasteiger partial charge is 0.225 e. The van der Waals surface area contributed by atoms with Crippen molar-refractivity contribution in [2.75, 3.05) is 26.2 Å². The van der Waals surface area contributed by atoms with Gasteiger partial charge in [0.1, 0.15) is 0 Å². The first-order valence-corrected chi connectivity index (χ1v) is 9.53. The van der Waals surface area contributed by atoms with Crippen LogP contribution in [0.15, 0.2) is 29.2 Å². The molecule has 1 aliphatic heterocycles. The molecule has 0 unspecified atom stereocenters. The molecule has 0 atom stereocenters. The highest BCUT2D eigenvalue weighted by Gasteiger charge is 2.33. The number of carbonyl (C=O) groups is 1. The van der Waals surface area contributed by atoms with Gasteiger partial charge in [0.05, 0.1) is 0 Å². The summed E-state index contributed by atoms with van der Waals surface area (Å²) < 4.78 is 2.41. The SMILES string of the molecule is CC(C)(C)c1ccc(SN2CCCN(C(=O)C3CC3)CC2)cc1. The third kappa shape index (κ3) is 4.51. The highest BCUT2D eigenvalue weighted by atomic mass is 32.2. The Morgan fingerprint density at radius 1 is 1.04 bits per heavy atom. The number of hydrogen-bond donors (Lipinski definition) is 0. The summed E-state index contributed by atoms with van der Waals surface area (Å²) in [5, 5.41) is 0. The van der Waals surface area contributed by atoms with E-state index in [1.165, 1.54) is 10.5 Å². The van der Waals surface area contributed by atoms with Crippen LogP contribution in [-0.4, -0.2) is 41.3 Å². The van der Waals surface area contributed by atoms with Crippen LogP contribution < -0.4 is 0 Å². The molecular formula is C19H28N2OS. The summed E-state index contributed by atoms with van der Waals surface area (Å²) in [5.74, 6) is 0.741. The Kier molecular flexibility index (Phi) is 5.02. The van der Waals surface area contributed by atoms with Crippen molar-refractivity contribution in [2.24, 2.45) is 5.92 Å². The number of nitrogens with zero attached hydrogens (tertiary/aromatic N) is 2. The van der Waals surface area contributed by atoms with Crippen LogP contribution >= 0.6 is 11.9 Å². The number of benzene rings is 1. The normalized spacial score (nSPS) is 20.4. The summed E-state index contributed by atoms with van der Waals surface area (Å²) >= 11 is 1.83. The highest BCUT2D eigenvalue weighted by molar-refractivity contribution is 7.97. The second-order valence-electron chi connectivity index (χ2n) is 7.75. The summed E-state index contributed by atoms with van der Waals surface area (Å²) in [6.45, 7) is 10.6. The number of hydrogen-bond acceptors (Lipinski definition) is 3. The molecule has 1 saturated heterocycles. The number of rotatable bonds is 3. The lowest BCUT2D eigenvalue weighted by molar-refractivity contribution is -0.132. The molecule has 3 rings (SSSR count). The molecule has 1 aromatic rings. The van der Waals surface area contributed by atoms with Gasteiger partial charge in [-0.15, -0.1) is 0 Å². The maximum absolute atomic E-state index is 12.2. The lowest BCUT2D eigenvalue weighted by atomic mass is 9.87. The van der Waals surface area contributed by atoms with Gasteiger partial charge in [-0.05, 0) is 54.3 Å². The molecule has 0 bridgehead atoms. The molecule has 2 fully saturated rings. The second-order valence-corrected chi connectivity index (χ2v) is 8.92. The van der Waals surface area contributed by atoms with Crippen molar-refractivity contribution >= 4 is 17.9 Å². The molecule has 1 heterocycles. The largest absolute Gasteiger partial charge is 0.341 e. The zero-order valence-corrected chi connectivity index (χ0v) is 15.4. The summed E-state index contributed by atoms with van der Waals surface area (Å²) in [6.07, 6.45) is 3.29. The topological polar surface area (TPSA) is 23.6 Å². The zero-order chi connectivity index (χ0) is 16.4. The molecule has 0 N–H and O–H groups in total. The molecule has 0 aromatic heterocycles. The van der Waals surface area contributed by atoms with Gasteiger partial charge in [-0.25, -0.2) is 4.31 Å².